The highest BCUT2D eigenvalue weighted by atomic mass is 19.4. The van der Waals surface area contributed by atoms with Crippen molar-refractivity contribution in [2.75, 3.05) is 27.2 Å². The largest absolute Gasteiger partial charge is 0.497 e. The van der Waals surface area contributed by atoms with Gasteiger partial charge >= 0.3 is 6.18 Å². The van der Waals surface area contributed by atoms with Gasteiger partial charge in [-0.25, -0.2) is 0 Å². The van der Waals surface area contributed by atoms with E-state index in [2.05, 4.69) is 5.32 Å². The molecule has 0 aromatic heterocycles. The minimum atomic E-state index is -4.16. The Labute approximate surface area is 117 Å². The Bertz CT molecular complexity index is 392. The van der Waals surface area contributed by atoms with E-state index in [0.717, 1.165) is 11.3 Å². The molecule has 0 aliphatic heterocycles. The molecule has 0 fully saturated rings. The zero-order valence-electron chi connectivity index (χ0n) is 12.0. The summed E-state index contributed by atoms with van der Waals surface area (Å²) in [6.07, 6.45) is -4.16. The average molecular weight is 290 g/mol. The highest BCUT2D eigenvalue weighted by Crippen LogP contribution is 2.14. The molecule has 0 aliphatic carbocycles. The Morgan fingerprint density at radius 3 is 2.35 bits per heavy atom. The van der Waals surface area contributed by atoms with Crippen molar-refractivity contribution in [1.29, 1.82) is 0 Å². The molecule has 0 saturated heterocycles. The van der Waals surface area contributed by atoms with E-state index in [-0.39, 0.29) is 6.04 Å². The number of benzene rings is 1. The normalized spacial score (nSPS) is 13.6. The summed E-state index contributed by atoms with van der Waals surface area (Å²) in [5, 5.41) is 2.42. The fraction of sp³-hybridized carbons (Fsp3) is 0.571. The smallest absolute Gasteiger partial charge is 0.401 e. The van der Waals surface area contributed by atoms with Gasteiger partial charge in [0.15, 0.2) is 0 Å². The van der Waals surface area contributed by atoms with Crippen LogP contribution >= 0.6 is 0 Å². The van der Waals surface area contributed by atoms with Crippen LogP contribution in [-0.4, -0.2) is 44.4 Å². The highest BCUT2D eigenvalue weighted by molar-refractivity contribution is 5.27. The standard InChI is InChI=1S/C14H21F3N2O/c1-11(8-18-10-14(15,16)17)19(2)9-12-4-6-13(20-3)7-5-12/h4-7,11,18H,8-10H2,1-3H3. The summed E-state index contributed by atoms with van der Waals surface area (Å²) in [5.74, 6) is 0.788. The third-order valence-corrected chi connectivity index (χ3v) is 3.11. The molecule has 1 unspecified atom stereocenters. The van der Waals surface area contributed by atoms with Crippen LogP contribution in [0.4, 0.5) is 13.2 Å². The first-order valence-corrected chi connectivity index (χ1v) is 6.42. The molecule has 3 nitrogen and oxygen atoms in total. The van der Waals surface area contributed by atoms with Crippen LogP contribution in [0.3, 0.4) is 0 Å². The van der Waals surface area contributed by atoms with Crippen molar-refractivity contribution in [2.24, 2.45) is 0 Å². The van der Waals surface area contributed by atoms with E-state index in [4.69, 9.17) is 4.74 Å². The number of rotatable bonds is 7. The van der Waals surface area contributed by atoms with Gasteiger partial charge in [-0.3, -0.25) is 4.90 Å². The second-order valence-corrected chi connectivity index (χ2v) is 4.86. The number of hydrogen-bond donors (Lipinski definition) is 1. The molecular formula is C14H21F3N2O. The molecule has 1 aromatic carbocycles. The molecule has 114 valence electrons. The zero-order chi connectivity index (χ0) is 15.2. The number of halogens is 3. The van der Waals surface area contributed by atoms with Crippen molar-refractivity contribution in [1.82, 2.24) is 10.2 Å². The summed E-state index contributed by atoms with van der Waals surface area (Å²) in [4.78, 5) is 2.01. The second kappa shape index (κ2) is 7.50. The van der Waals surface area contributed by atoms with Gasteiger partial charge in [0, 0.05) is 19.1 Å². The number of methoxy groups -OCH3 is 1. The van der Waals surface area contributed by atoms with E-state index in [1.807, 2.05) is 43.1 Å². The molecule has 0 amide bonds. The molecule has 0 radical (unpaired) electrons. The molecule has 1 N–H and O–H groups in total. The van der Waals surface area contributed by atoms with Crippen molar-refractivity contribution in [3.63, 3.8) is 0 Å². The number of nitrogens with zero attached hydrogens (tertiary/aromatic N) is 1. The van der Waals surface area contributed by atoms with Gasteiger partial charge in [0.25, 0.3) is 0 Å². The summed E-state index contributed by atoms with van der Waals surface area (Å²) in [6, 6.07) is 7.65. The van der Waals surface area contributed by atoms with Gasteiger partial charge in [-0.15, -0.1) is 0 Å². The van der Waals surface area contributed by atoms with E-state index in [9.17, 15) is 13.2 Å². The lowest BCUT2D eigenvalue weighted by Crippen LogP contribution is -2.40. The van der Waals surface area contributed by atoms with E-state index in [1.54, 1.807) is 7.11 Å². The second-order valence-electron chi connectivity index (χ2n) is 4.86. The summed E-state index contributed by atoms with van der Waals surface area (Å²) in [6.45, 7) is 1.92. The molecule has 20 heavy (non-hydrogen) atoms. The van der Waals surface area contributed by atoms with E-state index in [0.29, 0.717) is 13.1 Å². The lowest BCUT2D eigenvalue weighted by molar-refractivity contribution is -0.125. The van der Waals surface area contributed by atoms with Crippen LogP contribution in [0.2, 0.25) is 0 Å². The lowest BCUT2D eigenvalue weighted by Gasteiger charge is -2.25. The average Bonchev–Trinajstić information content (AvgIpc) is 2.38. The number of likely N-dealkylation sites (N-methyl/N-ethyl adjacent to an activating group) is 1. The number of hydrogen-bond acceptors (Lipinski definition) is 3. The van der Waals surface area contributed by atoms with Gasteiger partial charge in [-0.05, 0) is 31.7 Å². The summed E-state index contributed by atoms with van der Waals surface area (Å²) >= 11 is 0. The molecule has 0 spiro atoms. The predicted molar refractivity (Wildman–Crippen MR) is 72.8 cm³/mol. The third kappa shape index (κ3) is 6.25. The van der Waals surface area contributed by atoms with Crippen molar-refractivity contribution >= 4 is 0 Å². The van der Waals surface area contributed by atoms with Crippen LogP contribution in [0.5, 0.6) is 5.75 Å². The third-order valence-electron chi connectivity index (χ3n) is 3.11. The maximum Gasteiger partial charge on any atom is 0.401 e. The Morgan fingerprint density at radius 1 is 1.25 bits per heavy atom. The van der Waals surface area contributed by atoms with E-state index in [1.165, 1.54) is 0 Å². The van der Waals surface area contributed by atoms with Crippen LogP contribution in [-0.2, 0) is 6.54 Å². The Hall–Kier alpha value is -1.27. The van der Waals surface area contributed by atoms with Crippen molar-refractivity contribution in [3.05, 3.63) is 29.8 Å². The number of nitrogens with one attached hydrogen (secondary N) is 1. The molecule has 1 atom stereocenters. The fourth-order valence-electron chi connectivity index (χ4n) is 1.75. The first-order valence-electron chi connectivity index (χ1n) is 6.42. The quantitative estimate of drug-likeness (QED) is 0.835. The van der Waals surface area contributed by atoms with Gasteiger partial charge in [0.05, 0.1) is 13.7 Å². The van der Waals surface area contributed by atoms with Crippen LogP contribution in [0.25, 0.3) is 0 Å². The fourth-order valence-corrected chi connectivity index (χ4v) is 1.75. The van der Waals surface area contributed by atoms with E-state index < -0.39 is 12.7 Å². The molecule has 1 aromatic rings. The van der Waals surface area contributed by atoms with Crippen LogP contribution in [0.15, 0.2) is 24.3 Å². The predicted octanol–water partition coefficient (Wildman–Crippen LogP) is 2.67. The lowest BCUT2D eigenvalue weighted by atomic mass is 10.2. The zero-order valence-corrected chi connectivity index (χ0v) is 12.0. The van der Waals surface area contributed by atoms with Crippen molar-refractivity contribution in [3.8, 4) is 5.75 Å². The van der Waals surface area contributed by atoms with Gasteiger partial charge in [-0.2, -0.15) is 13.2 Å². The molecule has 0 bridgehead atoms. The van der Waals surface area contributed by atoms with Gasteiger partial charge in [-0.1, -0.05) is 12.1 Å². The first kappa shape index (κ1) is 16.8. The minimum Gasteiger partial charge on any atom is -0.497 e. The van der Waals surface area contributed by atoms with Crippen LogP contribution in [0, 0.1) is 0 Å². The Morgan fingerprint density at radius 2 is 1.85 bits per heavy atom. The molecule has 1 rings (SSSR count). The summed E-state index contributed by atoms with van der Waals surface area (Å²) < 4.78 is 41.2. The van der Waals surface area contributed by atoms with E-state index >= 15 is 0 Å². The molecule has 0 heterocycles. The van der Waals surface area contributed by atoms with Gasteiger partial charge < -0.3 is 10.1 Å². The van der Waals surface area contributed by atoms with Crippen LogP contribution < -0.4 is 10.1 Å². The number of ether oxygens (including phenoxy) is 1. The minimum absolute atomic E-state index is 0.0134. The van der Waals surface area contributed by atoms with Crippen molar-refractivity contribution in [2.45, 2.75) is 25.7 Å². The molecule has 0 saturated carbocycles. The van der Waals surface area contributed by atoms with Crippen molar-refractivity contribution < 1.29 is 17.9 Å². The monoisotopic (exact) mass is 290 g/mol. The SMILES string of the molecule is COc1ccc(CN(C)C(C)CNCC(F)(F)F)cc1. The summed E-state index contributed by atoms with van der Waals surface area (Å²) in [7, 11) is 3.50. The maximum atomic E-state index is 12.0. The molecule has 0 aliphatic rings. The Balaban J connectivity index is 2.38. The Kier molecular flexibility index (Phi) is 6.29. The maximum absolute atomic E-state index is 12.0. The van der Waals surface area contributed by atoms with Gasteiger partial charge in [0.2, 0.25) is 0 Å². The molecule has 6 heteroatoms. The van der Waals surface area contributed by atoms with Crippen LogP contribution in [0.1, 0.15) is 12.5 Å². The first-order chi connectivity index (χ1) is 9.31. The summed E-state index contributed by atoms with van der Waals surface area (Å²) in [5.41, 5.74) is 1.09. The topological polar surface area (TPSA) is 24.5 Å². The van der Waals surface area contributed by atoms with Gasteiger partial charge in [0.1, 0.15) is 5.75 Å². The highest BCUT2D eigenvalue weighted by Gasteiger charge is 2.26. The molecular weight excluding hydrogens is 269 g/mol. The number of alkyl halides is 3.